The zero-order valence-corrected chi connectivity index (χ0v) is 15.0. The predicted molar refractivity (Wildman–Crippen MR) is 100 cm³/mol. The number of carbonyl (C=O) groups excluding carboxylic acids is 2. The van der Waals surface area contributed by atoms with Gasteiger partial charge in [-0.05, 0) is 38.5 Å². The minimum atomic E-state index is -0.514. The summed E-state index contributed by atoms with van der Waals surface area (Å²) in [5.74, 6) is 0.418. The second-order valence-corrected chi connectivity index (χ2v) is 7.36. The van der Waals surface area contributed by atoms with Crippen molar-refractivity contribution in [3.8, 4) is 0 Å². The van der Waals surface area contributed by atoms with E-state index in [9.17, 15) is 9.59 Å². The summed E-state index contributed by atoms with van der Waals surface area (Å²) < 4.78 is 0. The molecule has 1 N–H and O–H groups in total. The highest BCUT2D eigenvalue weighted by Gasteiger charge is 2.42. The molecule has 2 atom stereocenters. The highest BCUT2D eigenvalue weighted by molar-refractivity contribution is 6.11. The van der Waals surface area contributed by atoms with Crippen LogP contribution in [-0.2, 0) is 9.59 Å². The summed E-state index contributed by atoms with van der Waals surface area (Å²) in [5, 5.41) is 9.07. The van der Waals surface area contributed by atoms with E-state index in [2.05, 4.69) is 16.5 Å². The fraction of sp³-hybridized carbons (Fsp3) is 0.476. The SMILES string of the molecule is O=C1NC(c2ccccc2)=NN2C(=O)CCCC/C=C3\CCCCC3C12. The number of benzene rings is 1. The van der Waals surface area contributed by atoms with Gasteiger partial charge in [0.05, 0.1) is 0 Å². The van der Waals surface area contributed by atoms with Gasteiger partial charge in [0.1, 0.15) is 6.04 Å². The molecule has 26 heavy (non-hydrogen) atoms. The van der Waals surface area contributed by atoms with Gasteiger partial charge in [0.15, 0.2) is 5.84 Å². The molecule has 0 spiro atoms. The Hall–Kier alpha value is -2.43. The maximum Gasteiger partial charge on any atom is 0.251 e. The average molecular weight is 351 g/mol. The monoisotopic (exact) mass is 351 g/mol. The van der Waals surface area contributed by atoms with E-state index in [1.165, 1.54) is 17.0 Å². The molecule has 0 saturated heterocycles. The average Bonchev–Trinajstić information content (AvgIpc) is 2.68. The zero-order chi connectivity index (χ0) is 17.9. The maximum absolute atomic E-state index is 13.1. The molecular weight excluding hydrogens is 326 g/mol. The van der Waals surface area contributed by atoms with E-state index in [1.54, 1.807) is 0 Å². The van der Waals surface area contributed by atoms with Gasteiger partial charge in [-0.15, -0.1) is 0 Å². The number of nitrogens with zero attached hydrogens (tertiary/aromatic N) is 2. The summed E-state index contributed by atoms with van der Waals surface area (Å²) in [6.45, 7) is 0. The van der Waals surface area contributed by atoms with Gasteiger partial charge in [-0.2, -0.15) is 5.10 Å². The van der Waals surface area contributed by atoms with Crippen molar-refractivity contribution in [2.75, 3.05) is 0 Å². The van der Waals surface area contributed by atoms with Gasteiger partial charge in [0, 0.05) is 17.9 Å². The Morgan fingerprint density at radius 1 is 1.00 bits per heavy atom. The molecule has 2 unspecified atom stereocenters. The van der Waals surface area contributed by atoms with Crippen LogP contribution < -0.4 is 5.32 Å². The molecule has 0 aromatic heterocycles. The number of nitrogens with one attached hydrogen (secondary N) is 1. The third-order valence-electron chi connectivity index (χ3n) is 5.62. The van der Waals surface area contributed by atoms with Crippen molar-refractivity contribution < 1.29 is 9.59 Å². The lowest BCUT2D eigenvalue weighted by Crippen LogP contribution is -2.57. The summed E-state index contributed by atoms with van der Waals surface area (Å²) in [6.07, 6.45) is 9.89. The second-order valence-electron chi connectivity index (χ2n) is 7.36. The summed E-state index contributed by atoms with van der Waals surface area (Å²) in [4.78, 5) is 25.9. The molecular formula is C21H25N3O2. The third-order valence-corrected chi connectivity index (χ3v) is 5.62. The molecule has 136 valence electrons. The zero-order valence-electron chi connectivity index (χ0n) is 15.0. The predicted octanol–water partition coefficient (Wildman–Crippen LogP) is 3.37. The van der Waals surface area contributed by atoms with Gasteiger partial charge in [-0.25, -0.2) is 5.01 Å². The maximum atomic E-state index is 13.1. The Morgan fingerprint density at radius 2 is 1.81 bits per heavy atom. The van der Waals surface area contributed by atoms with Crippen molar-refractivity contribution in [1.82, 2.24) is 10.3 Å². The smallest absolute Gasteiger partial charge is 0.251 e. The van der Waals surface area contributed by atoms with Gasteiger partial charge < -0.3 is 5.32 Å². The van der Waals surface area contributed by atoms with E-state index >= 15 is 0 Å². The summed E-state index contributed by atoms with van der Waals surface area (Å²) in [7, 11) is 0. The Balaban J connectivity index is 1.74. The Labute approximate surface area is 154 Å². The molecule has 5 heteroatoms. The number of hydrazone groups is 1. The lowest BCUT2D eigenvalue weighted by molar-refractivity contribution is -0.143. The van der Waals surface area contributed by atoms with E-state index in [-0.39, 0.29) is 17.7 Å². The van der Waals surface area contributed by atoms with Gasteiger partial charge in [0.2, 0.25) is 5.91 Å². The highest BCUT2D eigenvalue weighted by atomic mass is 16.2. The molecule has 1 saturated carbocycles. The number of rotatable bonds is 1. The summed E-state index contributed by atoms with van der Waals surface area (Å²) >= 11 is 0. The number of fused-ring (bicyclic) bond motifs is 3. The molecule has 0 bridgehead atoms. The third kappa shape index (κ3) is 3.30. The minimum absolute atomic E-state index is 0.0369. The molecule has 0 radical (unpaired) electrons. The lowest BCUT2D eigenvalue weighted by atomic mass is 9.77. The van der Waals surface area contributed by atoms with Gasteiger partial charge in [-0.1, -0.05) is 48.4 Å². The number of amidine groups is 1. The number of hydrogen-bond acceptors (Lipinski definition) is 3. The first-order valence-corrected chi connectivity index (χ1v) is 9.70. The van der Waals surface area contributed by atoms with Crippen LogP contribution in [0.4, 0.5) is 0 Å². The van der Waals surface area contributed by atoms with E-state index in [4.69, 9.17) is 0 Å². The Morgan fingerprint density at radius 3 is 2.65 bits per heavy atom. The largest absolute Gasteiger partial charge is 0.307 e. The van der Waals surface area contributed by atoms with Crippen molar-refractivity contribution in [3.63, 3.8) is 0 Å². The number of hydrogen-bond donors (Lipinski definition) is 1. The van der Waals surface area contributed by atoms with Crippen molar-refractivity contribution in [2.24, 2.45) is 11.0 Å². The topological polar surface area (TPSA) is 61.8 Å². The number of amides is 2. The van der Waals surface area contributed by atoms with Crippen molar-refractivity contribution in [1.29, 1.82) is 0 Å². The number of carbonyl (C=O) groups is 2. The normalized spacial score (nSPS) is 28.8. The van der Waals surface area contributed by atoms with E-state index in [0.29, 0.717) is 12.3 Å². The van der Waals surface area contributed by atoms with E-state index in [0.717, 1.165) is 44.1 Å². The van der Waals surface area contributed by atoms with E-state index in [1.807, 2.05) is 30.3 Å². The quantitative estimate of drug-likeness (QED) is 0.789. The van der Waals surface area contributed by atoms with Crippen LogP contribution in [0, 0.1) is 5.92 Å². The van der Waals surface area contributed by atoms with Crippen LogP contribution in [0.1, 0.15) is 56.9 Å². The summed E-state index contributed by atoms with van der Waals surface area (Å²) in [5.41, 5.74) is 2.16. The first-order valence-electron chi connectivity index (χ1n) is 9.70. The van der Waals surface area contributed by atoms with Crippen LogP contribution in [0.25, 0.3) is 0 Å². The van der Waals surface area contributed by atoms with Crippen LogP contribution in [0.2, 0.25) is 0 Å². The minimum Gasteiger partial charge on any atom is -0.307 e. The summed E-state index contributed by atoms with van der Waals surface area (Å²) in [6, 6.07) is 9.02. The van der Waals surface area contributed by atoms with Crippen LogP contribution in [0.15, 0.2) is 47.1 Å². The standard InChI is InChI=1S/C21H25N3O2/c25-18-14-6-2-3-9-15-10-7-8-13-17(15)19-21(26)22-20(23-24(18)19)16-11-4-1-5-12-16/h1,4-5,9,11-12,17,19H,2-3,6-8,10,13-14H2,(H,22,23,26)/b15-9+. The Bertz CT molecular complexity index is 754. The second kappa shape index (κ2) is 7.44. The van der Waals surface area contributed by atoms with Crippen LogP contribution >= 0.6 is 0 Å². The van der Waals surface area contributed by atoms with Crippen LogP contribution in [0.3, 0.4) is 0 Å². The van der Waals surface area contributed by atoms with Crippen molar-refractivity contribution in [3.05, 3.63) is 47.5 Å². The fourth-order valence-electron chi connectivity index (χ4n) is 4.29. The molecule has 1 aromatic rings. The lowest BCUT2D eigenvalue weighted by Gasteiger charge is -2.39. The van der Waals surface area contributed by atoms with Crippen molar-refractivity contribution >= 4 is 17.6 Å². The van der Waals surface area contributed by atoms with Gasteiger partial charge >= 0.3 is 0 Å². The van der Waals surface area contributed by atoms with Crippen LogP contribution in [0.5, 0.6) is 0 Å². The molecule has 3 aliphatic rings. The molecule has 2 aliphatic heterocycles. The van der Waals surface area contributed by atoms with Crippen LogP contribution in [-0.4, -0.2) is 28.7 Å². The van der Waals surface area contributed by atoms with E-state index < -0.39 is 6.04 Å². The highest BCUT2D eigenvalue weighted by Crippen LogP contribution is 2.36. The Kier molecular flexibility index (Phi) is 4.87. The molecule has 1 aromatic carbocycles. The molecule has 5 nitrogen and oxygen atoms in total. The molecule has 1 aliphatic carbocycles. The van der Waals surface area contributed by atoms with Gasteiger partial charge in [-0.3, -0.25) is 9.59 Å². The first-order chi connectivity index (χ1) is 12.7. The van der Waals surface area contributed by atoms with Crippen molar-refractivity contribution in [2.45, 2.75) is 57.4 Å². The molecule has 1 fully saturated rings. The molecule has 2 amide bonds. The van der Waals surface area contributed by atoms with Gasteiger partial charge in [0.25, 0.3) is 5.91 Å². The molecule has 4 rings (SSSR count). The fourth-order valence-corrected chi connectivity index (χ4v) is 4.29. The number of allylic oxidation sites excluding steroid dienone is 1. The molecule has 2 heterocycles. The first kappa shape index (κ1) is 17.0.